The maximum atomic E-state index is 13.2. The molecule has 0 aliphatic heterocycles. The van der Waals surface area contributed by atoms with Gasteiger partial charge in [-0.15, -0.1) is 0 Å². The first-order valence-corrected chi connectivity index (χ1v) is 9.80. The molecule has 5 nitrogen and oxygen atoms in total. The number of methoxy groups -OCH3 is 1. The van der Waals surface area contributed by atoms with Crippen molar-refractivity contribution in [2.75, 3.05) is 13.7 Å². The van der Waals surface area contributed by atoms with E-state index in [1.165, 1.54) is 19.2 Å². The van der Waals surface area contributed by atoms with E-state index in [1.807, 2.05) is 12.1 Å². The molecule has 156 valence electrons. The minimum absolute atomic E-state index is 0.0359. The zero-order chi connectivity index (χ0) is 21.4. The number of rotatable bonds is 9. The van der Waals surface area contributed by atoms with Crippen molar-refractivity contribution in [2.45, 2.75) is 45.8 Å². The Bertz CT molecular complexity index is 804. The molecule has 0 aliphatic carbocycles. The number of nitrogens with one attached hydrogen (secondary N) is 1. The van der Waals surface area contributed by atoms with Crippen LogP contribution in [0.4, 0.5) is 4.39 Å². The van der Waals surface area contributed by atoms with Crippen LogP contribution in [0.2, 0.25) is 0 Å². The van der Waals surface area contributed by atoms with Gasteiger partial charge in [-0.1, -0.05) is 31.2 Å². The van der Waals surface area contributed by atoms with Gasteiger partial charge in [-0.2, -0.15) is 0 Å². The zero-order valence-electron chi connectivity index (χ0n) is 17.4. The van der Waals surface area contributed by atoms with Gasteiger partial charge in [-0.25, -0.2) is 4.39 Å². The van der Waals surface area contributed by atoms with E-state index in [2.05, 4.69) is 31.0 Å². The summed E-state index contributed by atoms with van der Waals surface area (Å²) in [4.78, 5) is 26.8. The van der Waals surface area contributed by atoms with Crippen LogP contribution in [0.5, 0.6) is 0 Å². The summed E-state index contributed by atoms with van der Waals surface area (Å²) < 4.78 is 18.0. The molecule has 0 heterocycles. The third-order valence-corrected chi connectivity index (χ3v) is 4.91. The molecule has 0 saturated carbocycles. The second-order valence-corrected chi connectivity index (χ2v) is 7.21. The number of esters is 1. The number of amides is 1. The quantitative estimate of drug-likeness (QED) is 0.644. The molecule has 0 saturated heterocycles. The molecule has 2 aromatic rings. The van der Waals surface area contributed by atoms with Crippen LogP contribution >= 0.6 is 0 Å². The Labute approximate surface area is 171 Å². The molecule has 29 heavy (non-hydrogen) atoms. The van der Waals surface area contributed by atoms with Crippen molar-refractivity contribution in [1.82, 2.24) is 10.2 Å². The molecule has 6 heteroatoms. The summed E-state index contributed by atoms with van der Waals surface area (Å²) in [6.45, 7) is 8.20. The van der Waals surface area contributed by atoms with E-state index in [1.54, 1.807) is 24.3 Å². The molecule has 1 atom stereocenters. The van der Waals surface area contributed by atoms with Gasteiger partial charge >= 0.3 is 5.97 Å². The maximum Gasteiger partial charge on any atom is 0.307 e. The van der Waals surface area contributed by atoms with Gasteiger partial charge in [-0.05, 0) is 55.8 Å². The molecule has 0 fully saturated rings. The lowest BCUT2D eigenvalue weighted by molar-refractivity contribution is -0.141. The largest absolute Gasteiger partial charge is 0.469 e. The van der Waals surface area contributed by atoms with Gasteiger partial charge in [0.15, 0.2) is 0 Å². The van der Waals surface area contributed by atoms with Crippen LogP contribution in [0.25, 0.3) is 0 Å². The standard InChI is InChI=1S/C23H29FN2O3/c1-5-26(16(2)3)15-17-6-8-19(9-7-17)23(28)25-21(14-22(27)29-4)18-10-12-20(24)13-11-18/h6-13,16,21H,5,14-15H2,1-4H3,(H,25,28). The van der Waals surface area contributed by atoms with Crippen molar-refractivity contribution in [3.8, 4) is 0 Å². The predicted octanol–water partition coefficient (Wildman–Crippen LogP) is 4.09. The van der Waals surface area contributed by atoms with Crippen LogP contribution in [0.3, 0.4) is 0 Å². The summed E-state index contributed by atoms with van der Waals surface area (Å²) in [5.74, 6) is -1.13. The smallest absolute Gasteiger partial charge is 0.307 e. The molecule has 0 bridgehead atoms. The summed E-state index contributed by atoms with van der Waals surface area (Å²) >= 11 is 0. The third-order valence-electron chi connectivity index (χ3n) is 4.91. The van der Waals surface area contributed by atoms with E-state index in [4.69, 9.17) is 4.74 Å². The van der Waals surface area contributed by atoms with E-state index in [-0.39, 0.29) is 18.1 Å². The Kier molecular flexibility index (Phi) is 8.34. The van der Waals surface area contributed by atoms with Gasteiger partial charge in [0.2, 0.25) is 0 Å². The van der Waals surface area contributed by atoms with Gasteiger partial charge in [0, 0.05) is 18.2 Å². The molecule has 0 radical (unpaired) electrons. The minimum atomic E-state index is -0.605. The Balaban J connectivity index is 2.11. The fourth-order valence-corrected chi connectivity index (χ4v) is 3.09. The zero-order valence-corrected chi connectivity index (χ0v) is 17.4. The number of halogens is 1. The highest BCUT2D eigenvalue weighted by atomic mass is 19.1. The Morgan fingerprint density at radius 1 is 1.07 bits per heavy atom. The van der Waals surface area contributed by atoms with Crippen molar-refractivity contribution >= 4 is 11.9 Å². The van der Waals surface area contributed by atoms with Crippen molar-refractivity contribution in [2.24, 2.45) is 0 Å². The number of nitrogens with zero attached hydrogens (tertiary/aromatic N) is 1. The summed E-state index contributed by atoms with van der Waals surface area (Å²) in [6.07, 6.45) is -0.0359. The number of carbonyl (C=O) groups excluding carboxylic acids is 2. The maximum absolute atomic E-state index is 13.2. The van der Waals surface area contributed by atoms with E-state index in [9.17, 15) is 14.0 Å². The fraction of sp³-hybridized carbons (Fsp3) is 0.391. The summed E-state index contributed by atoms with van der Waals surface area (Å²) in [5, 5.41) is 2.85. The van der Waals surface area contributed by atoms with Crippen molar-refractivity contribution in [1.29, 1.82) is 0 Å². The monoisotopic (exact) mass is 400 g/mol. The number of ether oxygens (including phenoxy) is 1. The first-order chi connectivity index (χ1) is 13.8. The molecule has 1 unspecified atom stereocenters. The predicted molar refractivity (Wildman–Crippen MR) is 111 cm³/mol. The van der Waals surface area contributed by atoms with E-state index in [0.717, 1.165) is 18.7 Å². The average molecular weight is 400 g/mol. The minimum Gasteiger partial charge on any atom is -0.469 e. The van der Waals surface area contributed by atoms with Crippen molar-refractivity contribution in [3.05, 3.63) is 71.0 Å². The van der Waals surface area contributed by atoms with Crippen LogP contribution in [0, 0.1) is 5.82 Å². The second-order valence-electron chi connectivity index (χ2n) is 7.21. The molecular formula is C23H29FN2O3. The van der Waals surface area contributed by atoms with Crippen molar-refractivity contribution in [3.63, 3.8) is 0 Å². The molecule has 0 aliphatic rings. The molecule has 1 amide bonds. The fourth-order valence-electron chi connectivity index (χ4n) is 3.09. The van der Waals surface area contributed by atoms with Gasteiger partial charge in [0.1, 0.15) is 5.82 Å². The highest BCUT2D eigenvalue weighted by Crippen LogP contribution is 2.19. The highest BCUT2D eigenvalue weighted by Gasteiger charge is 2.20. The lowest BCUT2D eigenvalue weighted by Crippen LogP contribution is -2.31. The molecule has 2 rings (SSSR count). The van der Waals surface area contributed by atoms with Gasteiger partial charge in [0.05, 0.1) is 19.6 Å². The van der Waals surface area contributed by atoms with Crippen LogP contribution in [-0.2, 0) is 16.1 Å². The number of carbonyl (C=O) groups is 2. The molecule has 1 N–H and O–H groups in total. The number of benzene rings is 2. The Hall–Kier alpha value is -2.73. The average Bonchev–Trinajstić information content (AvgIpc) is 2.72. The topological polar surface area (TPSA) is 58.6 Å². The molecule has 0 spiro atoms. The highest BCUT2D eigenvalue weighted by molar-refractivity contribution is 5.94. The van der Waals surface area contributed by atoms with Crippen LogP contribution in [0.1, 0.15) is 54.7 Å². The molecular weight excluding hydrogens is 371 g/mol. The third kappa shape index (κ3) is 6.68. The van der Waals surface area contributed by atoms with Crippen LogP contribution in [0.15, 0.2) is 48.5 Å². The summed E-state index contributed by atoms with van der Waals surface area (Å²) in [7, 11) is 1.29. The normalized spacial score (nSPS) is 12.1. The molecule has 0 aromatic heterocycles. The van der Waals surface area contributed by atoms with E-state index in [0.29, 0.717) is 17.2 Å². The lowest BCUT2D eigenvalue weighted by atomic mass is 10.0. The number of hydrogen-bond donors (Lipinski definition) is 1. The SMILES string of the molecule is CCN(Cc1ccc(C(=O)NC(CC(=O)OC)c2ccc(F)cc2)cc1)C(C)C. The van der Waals surface area contributed by atoms with Crippen LogP contribution < -0.4 is 5.32 Å². The van der Waals surface area contributed by atoms with Gasteiger partial charge in [0.25, 0.3) is 5.91 Å². The number of hydrogen-bond acceptors (Lipinski definition) is 4. The summed E-state index contributed by atoms with van der Waals surface area (Å²) in [5.41, 5.74) is 2.26. The van der Waals surface area contributed by atoms with Crippen LogP contribution in [-0.4, -0.2) is 36.5 Å². The van der Waals surface area contributed by atoms with Gasteiger partial charge < -0.3 is 10.1 Å². The first-order valence-electron chi connectivity index (χ1n) is 9.80. The van der Waals surface area contributed by atoms with Gasteiger partial charge in [-0.3, -0.25) is 14.5 Å². The molecule has 2 aromatic carbocycles. The lowest BCUT2D eigenvalue weighted by Gasteiger charge is -2.24. The Morgan fingerprint density at radius 3 is 2.21 bits per heavy atom. The first kappa shape index (κ1) is 22.6. The van der Waals surface area contributed by atoms with Crippen molar-refractivity contribution < 1.29 is 18.7 Å². The second kappa shape index (κ2) is 10.7. The summed E-state index contributed by atoms with van der Waals surface area (Å²) in [6, 6.07) is 13.0. The Morgan fingerprint density at radius 2 is 1.69 bits per heavy atom. The van der Waals surface area contributed by atoms with E-state index < -0.39 is 12.0 Å². The van der Waals surface area contributed by atoms with E-state index >= 15 is 0 Å².